The van der Waals surface area contributed by atoms with Gasteiger partial charge in [0.2, 0.25) is 0 Å². The van der Waals surface area contributed by atoms with Crippen LogP contribution in [0.25, 0.3) is 0 Å². The van der Waals surface area contributed by atoms with Gasteiger partial charge in [0, 0.05) is 19.1 Å². The van der Waals surface area contributed by atoms with Gasteiger partial charge in [-0.25, -0.2) is 4.79 Å². The smallest absolute Gasteiger partial charge is 0.317 e. The average molecular weight is 318 g/mol. The van der Waals surface area contributed by atoms with Crippen molar-refractivity contribution in [3.63, 3.8) is 0 Å². The number of likely N-dealkylation sites (tertiary alicyclic amines) is 1. The minimum Gasteiger partial charge on any atom is -0.481 e. The number of aliphatic carboxylic acids is 1. The van der Waals surface area contributed by atoms with Crippen LogP contribution in [0.2, 0.25) is 0 Å². The minimum atomic E-state index is -0.821. The van der Waals surface area contributed by atoms with E-state index in [2.05, 4.69) is 43.4 Å². The highest BCUT2D eigenvalue weighted by Gasteiger charge is 2.31. The molecule has 0 bridgehead atoms. The first-order chi connectivity index (χ1) is 10.9. The summed E-state index contributed by atoms with van der Waals surface area (Å²) in [5, 5.41) is 12.0. The topological polar surface area (TPSA) is 69.6 Å². The van der Waals surface area contributed by atoms with Gasteiger partial charge >= 0.3 is 12.0 Å². The van der Waals surface area contributed by atoms with Crippen LogP contribution >= 0.6 is 0 Å². The molecule has 2 N–H and O–H groups in total. The van der Waals surface area contributed by atoms with Gasteiger partial charge in [0.25, 0.3) is 0 Å². The molecule has 5 heteroatoms. The summed E-state index contributed by atoms with van der Waals surface area (Å²) in [4.78, 5) is 24.7. The van der Waals surface area contributed by atoms with E-state index < -0.39 is 11.9 Å². The number of nitrogens with zero attached hydrogens (tertiary/aromatic N) is 1. The molecule has 1 aromatic carbocycles. The molecule has 1 aromatic rings. The van der Waals surface area contributed by atoms with Crippen LogP contribution in [0.4, 0.5) is 4.79 Å². The van der Waals surface area contributed by atoms with Gasteiger partial charge in [0.05, 0.1) is 5.92 Å². The predicted octanol–water partition coefficient (Wildman–Crippen LogP) is 2.86. The number of hydrogen-bond acceptors (Lipinski definition) is 2. The number of carbonyl (C=O) groups excluding carboxylic acids is 1. The molecule has 0 aromatic heterocycles. The summed E-state index contributed by atoms with van der Waals surface area (Å²) < 4.78 is 0. The molecule has 0 spiro atoms. The van der Waals surface area contributed by atoms with Crippen molar-refractivity contribution in [2.24, 2.45) is 5.92 Å². The van der Waals surface area contributed by atoms with E-state index in [1.807, 2.05) is 6.92 Å². The number of nitrogens with one attached hydrogen (secondary N) is 1. The zero-order chi connectivity index (χ0) is 17.0. The van der Waals surface area contributed by atoms with Crippen molar-refractivity contribution in [1.82, 2.24) is 10.2 Å². The molecule has 2 rings (SSSR count). The second-order valence-electron chi connectivity index (χ2n) is 6.72. The molecule has 1 aliphatic heterocycles. The van der Waals surface area contributed by atoms with Gasteiger partial charge in [-0.3, -0.25) is 4.79 Å². The lowest BCUT2D eigenvalue weighted by atomic mass is 9.99. The Balaban J connectivity index is 1.83. The maximum atomic E-state index is 12.2. The molecule has 126 valence electrons. The molecule has 1 saturated heterocycles. The van der Waals surface area contributed by atoms with Crippen LogP contribution in [0.5, 0.6) is 0 Å². The molecular weight excluding hydrogens is 292 g/mol. The van der Waals surface area contributed by atoms with E-state index in [-0.39, 0.29) is 12.1 Å². The number of carboxylic acid groups (broad SMARTS) is 1. The fourth-order valence-corrected chi connectivity index (χ4v) is 2.89. The summed E-state index contributed by atoms with van der Waals surface area (Å²) >= 11 is 0. The SMILES string of the molecule is CC(Cc1ccc(C(C)C)cc1)NC(=O)N1CCC(C(=O)O)C1. The molecular formula is C18H26N2O3. The highest BCUT2D eigenvalue weighted by molar-refractivity contribution is 5.77. The summed E-state index contributed by atoms with van der Waals surface area (Å²) in [5.41, 5.74) is 2.49. The lowest BCUT2D eigenvalue weighted by molar-refractivity contribution is -0.141. The summed E-state index contributed by atoms with van der Waals surface area (Å²) in [6.07, 6.45) is 1.30. The van der Waals surface area contributed by atoms with E-state index in [1.165, 1.54) is 11.1 Å². The Kier molecular flexibility index (Phi) is 5.64. The van der Waals surface area contributed by atoms with Crippen molar-refractivity contribution >= 4 is 12.0 Å². The lowest BCUT2D eigenvalue weighted by Crippen LogP contribution is -2.43. The molecule has 2 amide bonds. The third-order valence-corrected chi connectivity index (χ3v) is 4.38. The Labute approximate surface area is 137 Å². The van der Waals surface area contributed by atoms with E-state index >= 15 is 0 Å². The Morgan fingerprint density at radius 1 is 1.26 bits per heavy atom. The second-order valence-corrected chi connectivity index (χ2v) is 6.72. The van der Waals surface area contributed by atoms with Crippen LogP contribution < -0.4 is 5.32 Å². The van der Waals surface area contributed by atoms with Crippen LogP contribution in [-0.2, 0) is 11.2 Å². The van der Waals surface area contributed by atoms with Gasteiger partial charge in [-0.1, -0.05) is 38.1 Å². The van der Waals surface area contributed by atoms with Gasteiger partial charge < -0.3 is 15.3 Å². The molecule has 0 saturated carbocycles. The fraction of sp³-hybridized carbons (Fsp3) is 0.556. The maximum Gasteiger partial charge on any atom is 0.317 e. The normalized spacial score (nSPS) is 19.0. The summed E-state index contributed by atoms with van der Waals surface area (Å²) in [5.74, 6) is -0.739. The monoisotopic (exact) mass is 318 g/mol. The van der Waals surface area contributed by atoms with Crippen molar-refractivity contribution in [2.75, 3.05) is 13.1 Å². The first kappa shape index (κ1) is 17.3. The molecule has 2 unspecified atom stereocenters. The third kappa shape index (κ3) is 4.71. The van der Waals surface area contributed by atoms with Crippen LogP contribution in [0.1, 0.15) is 44.2 Å². The van der Waals surface area contributed by atoms with E-state index in [9.17, 15) is 9.59 Å². The van der Waals surface area contributed by atoms with Crippen molar-refractivity contribution < 1.29 is 14.7 Å². The summed E-state index contributed by atoms with van der Waals surface area (Å²) in [6, 6.07) is 8.32. The van der Waals surface area contributed by atoms with Gasteiger partial charge in [0.15, 0.2) is 0 Å². The van der Waals surface area contributed by atoms with Crippen molar-refractivity contribution in [2.45, 2.75) is 45.6 Å². The van der Waals surface area contributed by atoms with Crippen LogP contribution in [-0.4, -0.2) is 41.1 Å². The number of rotatable bonds is 5. The third-order valence-electron chi connectivity index (χ3n) is 4.38. The van der Waals surface area contributed by atoms with Gasteiger partial charge in [-0.15, -0.1) is 0 Å². The number of amides is 2. The van der Waals surface area contributed by atoms with E-state index in [0.29, 0.717) is 25.4 Å². The van der Waals surface area contributed by atoms with Gasteiger partial charge in [-0.2, -0.15) is 0 Å². The highest BCUT2D eigenvalue weighted by atomic mass is 16.4. The van der Waals surface area contributed by atoms with E-state index in [1.54, 1.807) is 4.90 Å². The highest BCUT2D eigenvalue weighted by Crippen LogP contribution is 2.17. The molecule has 5 nitrogen and oxygen atoms in total. The Hall–Kier alpha value is -2.04. The molecule has 1 fully saturated rings. The first-order valence-corrected chi connectivity index (χ1v) is 8.24. The summed E-state index contributed by atoms with van der Waals surface area (Å²) in [7, 11) is 0. The van der Waals surface area contributed by atoms with Crippen LogP contribution in [0.15, 0.2) is 24.3 Å². The van der Waals surface area contributed by atoms with E-state index in [4.69, 9.17) is 5.11 Å². The summed E-state index contributed by atoms with van der Waals surface area (Å²) in [6.45, 7) is 7.12. The lowest BCUT2D eigenvalue weighted by Gasteiger charge is -2.21. The fourth-order valence-electron chi connectivity index (χ4n) is 2.89. The van der Waals surface area contributed by atoms with Gasteiger partial charge in [0.1, 0.15) is 0 Å². The van der Waals surface area contributed by atoms with Crippen molar-refractivity contribution in [3.8, 4) is 0 Å². The number of carbonyl (C=O) groups is 2. The zero-order valence-electron chi connectivity index (χ0n) is 14.1. The average Bonchev–Trinajstić information content (AvgIpc) is 2.97. The van der Waals surface area contributed by atoms with Gasteiger partial charge in [-0.05, 0) is 36.8 Å². The van der Waals surface area contributed by atoms with E-state index in [0.717, 1.165) is 6.42 Å². The Morgan fingerprint density at radius 3 is 2.43 bits per heavy atom. The minimum absolute atomic E-state index is 0.0104. The number of urea groups is 1. The number of benzene rings is 1. The second kappa shape index (κ2) is 7.49. The van der Waals surface area contributed by atoms with Crippen LogP contribution in [0.3, 0.4) is 0 Å². The first-order valence-electron chi connectivity index (χ1n) is 8.24. The maximum absolute atomic E-state index is 12.2. The standard InChI is InChI=1S/C18H26N2O3/c1-12(2)15-6-4-14(5-7-15)10-13(3)19-18(23)20-9-8-16(11-20)17(21)22/h4-7,12-13,16H,8-11H2,1-3H3,(H,19,23)(H,21,22). The molecule has 1 heterocycles. The zero-order valence-corrected chi connectivity index (χ0v) is 14.1. The van der Waals surface area contributed by atoms with Crippen molar-refractivity contribution in [1.29, 1.82) is 0 Å². The van der Waals surface area contributed by atoms with Crippen LogP contribution in [0, 0.1) is 5.92 Å². The molecule has 0 radical (unpaired) electrons. The molecule has 2 atom stereocenters. The van der Waals surface area contributed by atoms with Crippen molar-refractivity contribution in [3.05, 3.63) is 35.4 Å². The number of hydrogen-bond donors (Lipinski definition) is 2. The molecule has 0 aliphatic carbocycles. The number of carboxylic acids is 1. The largest absolute Gasteiger partial charge is 0.481 e. The quantitative estimate of drug-likeness (QED) is 0.877. The predicted molar refractivity (Wildman–Crippen MR) is 89.5 cm³/mol. The molecule has 1 aliphatic rings. The molecule has 23 heavy (non-hydrogen) atoms. The Morgan fingerprint density at radius 2 is 1.91 bits per heavy atom. The Bertz CT molecular complexity index is 554.